The number of carbonyl (C=O) groups excluding carboxylic acids is 2. The van der Waals surface area contributed by atoms with Crippen molar-refractivity contribution in [1.29, 1.82) is 0 Å². The van der Waals surface area contributed by atoms with E-state index in [1.165, 1.54) is 22.9 Å². The summed E-state index contributed by atoms with van der Waals surface area (Å²) in [5.74, 6) is -0.903. The number of hydrogen-bond acceptors (Lipinski definition) is 4. The van der Waals surface area contributed by atoms with E-state index < -0.39 is 17.6 Å². The lowest BCUT2D eigenvalue weighted by Crippen LogP contribution is -2.34. The van der Waals surface area contributed by atoms with E-state index in [1.807, 2.05) is 0 Å². The van der Waals surface area contributed by atoms with Gasteiger partial charge in [0.1, 0.15) is 17.1 Å². The lowest BCUT2D eigenvalue weighted by atomic mass is 10.0. The van der Waals surface area contributed by atoms with E-state index in [-0.39, 0.29) is 29.0 Å². The van der Waals surface area contributed by atoms with Crippen molar-refractivity contribution in [1.82, 2.24) is 14.7 Å². The van der Waals surface area contributed by atoms with E-state index in [0.717, 1.165) is 31.4 Å². The molecule has 1 atom stereocenters. The highest BCUT2D eigenvalue weighted by Crippen LogP contribution is 2.35. The van der Waals surface area contributed by atoms with Crippen LogP contribution in [0.15, 0.2) is 36.9 Å². The van der Waals surface area contributed by atoms with Crippen molar-refractivity contribution in [2.45, 2.75) is 37.9 Å². The Hall–Kier alpha value is -3.30. The number of likely N-dealkylation sites (tertiary alicyclic amines) is 1. The zero-order chi connectivity index (χ0) is 22.8. The van der Waals surface area contributed by atoms with Crippen LogP contribution in [0, 0.1) is 0 Å². The van der Waals surface area contributed by atoms with Gasteiger partial charge in [-0.15, -0.1) is 0 Å². The first kappa shape index (κ1) is 22.4. The van der Waals surface area contributed by atoms with Gasteiger partial charge in [-0.1, -0.05) is 18.7 Å². The fourth-order valence-corrected chi connectivity index (χ4v) is 3.83. The predicted octanol–water partition coefficient (Wildman–Crippen LogP) is 3.38. The lowest BCUT2D eigenvalue weighted by molar-refractivity contribution is -0.137. The molecule has 1 aromatic heterocycles. The minimum absolute atomic E-state index is 0.0270. The molecule has 10 heteroatoms. The maximum absolute atomic E-state index is 12.9. The maximum Gasteiger partial charge on any atom is 0.416 e. The highest BCUT2D eigenvalue weighted by Gasteiger charge is 2.31. The highest BCUT2D eigenvalue weighted by molar-refractivity contribution is 6.03. The molecule has 4 N–H and O–H groups in total. The second kappa shape index (κ2) is 8.83. The number of benzene rings is 1. The van der Waals surface area contributed by atoms with Crippen molar-refractivity contribution in [3.8, 4) is 11.3 Å². The van der Waals surface area contributed by atoms with Crippen molar-refractivity contribution in [2.75, 3.05) is 18.8 Å². The second-order valence-electron chi connectivity index (χ2n) is 7.46. The molecule has 1 aromatic carbocycles. The summed E-state index contributed by atoms with van der Waals surface area (Å²) >= 11 is 0. The first-order valence-electron chi connectivity index (χ1n) is 9.90. The summed E-state index contributed by atoms with van der Waals surface area (Å²) in [6, 6.07) is 4.13. The van der Waals surface area contributed by atoms with Crippen molar-refractivity contribution >= 4 is 17.6 Å². The molecule has 0 bridgehead atoms. The molecule has 1 aliphatic rings. The molecule has 0 aliphatic carbocycles. The Bertz CT molecular complexity index is 982. The number of alkyl halides is 3. The number of halogens is 3. The summed E-state index contributed by atoms with van der Waals surface area (Å²) in [5, 5.41) is 4.47. The van der Waals surface area contributed by atoms with Crippen LogP contribution in [-0.4, -0.2) is 39.6 Å². The van der Waals surface area contributed by atoms with Gasteiger partial charge in [-0.2, -0.15) is 18.3 Å². The Balaban J connectivity index is 1.96. The van der Waals surface area contributed by atoms with E-state index in [9.17, 15) is 22.8 Å². The maximum atomic E-state index is 12.9. The summed E-state index contributed by atoms with van der Waals surface area (Å²) in [7, 11) is 0. The molecule has 2 aromatic rings. The second-order valence-corrected chi connectivity index (χ2v) is 7.46. The molecule has 0 saturated carbocycles. The summed E-state index contributed by atoms with van der Waals surface area (Å²) < 4.78 is 40.1. The molecule has 1 saturated heterocycles. The first-order chi connectivity index (χ1) is 14.6. The van der Waals surface area contributed by atoms with Gasteiger partial charge < -0.3 is 16.4 Å². The molecule has 0 radical (unpaired) electrons. The third-order valence-electron chi connectivity index (χ3n) is 5.46. The largest absolute Gasteiger partial charge is 0.416 e. The number of carbonyl (C=O) groups is 2. The van der Waals surface area contributed by atoms with Crippen LogP contribution >= 0.6 is 0 Å². The Morgan fingerprint density at radius 2 is 1.81 bits per heavy atom. The average molecular weight is 435 g/mol. The lowest BCUT2D eigenvalue weighted by Gasteiger charge is -2.28. The summed E-state index contributed by atoms with van der Waals surface area (Å²) in [4.78, 5) is 25.8. The van der Waals surface area contributed by atoms with Gasteiger partial charge >= 0.3 is 6.18 Å². The summed E-state index contributed by atoms with van der Waals surface area (Å²) in [5.41, 5.74) is 11.3. The van der Waals surface area contributed by atoms with Crippen LogP contribution < -0.4 is 11.5 Å². The number of aromatic nitrogens is 2. The summed E-state index contributed by atoms with van der Waals surface area (Å²) in [6.07, 6.45) is -0.315. The van der Waals surface area contributed by atoms with Crippen molar-refractivity contribution < 1.29 is 22.8 Å². The van der Waals surface area contributed by atoms with Gasteiger partial charge in [-0.3, -0.25) is 9.59 Å². The number of nitrogen functional groups attached to an aromatic ring is 1. The summed E-state index contributed by atoms with van der Waals surface area (Å²) in [6.45, 7) is 4.62. The zero-order valence-electron chi connectivity index (χ0n) is 16.9. The molecule has 0 unspecified atom stereocenters. The van der Waals surface area contributed by atoms with E-state index in [1.54, 1.807) is 4.90 Å². The molecule has 3 rings (SSSR count). The van der Waals surface area contributed by atoms with Crippen LogP contribution in [0.2, 0.25) is 0 Å². The quantitative estimate of drug-likeness (QED) is 0.718. The van der Waals surface area contributed by atoms with Gasteiger partial charge in [-0.05, 0) is 43.9 Å². The van der Waals surface area contributed by atoms with Crippen molar-refractivity contribution in [3.05, 3.63) is 48.0 Å². The first-order valence-corrected chi connectivity index (χ1v) is 9.90. The molecular formula is C21H24F3N5O2. The topological polar surface area (TPSA) is 107 Å². The number of nitrogens with zero attached hydrogens (tertiary/aromatic N) is 3. The van der Waals surface area contributed by atoms with Gasteiger partial charge in [0.15, 0.2) is 0 Å². The van der Waals surface area contributed by atoms with Crippen LogP contribution in [0.5, 0.6) is 0 Å². The van der Waals surface area contributed by atoms with Crippen LogP contribution in [0.25, 0.3) is 11.3 Å². The number of amides is 2. The van der Waals surface area contributed by atoms with Gasteiger partial charge in [0.2, 0.25) is 5.91 Å². The Kier molecular flexibility index (Phi) is 6.37. The number of primary amides is 1. The fourth-order valence-electron chi connectivity index (χ4n) is 3.83. The van der Waals surface area contributed by atoms with Crippen LogP contribution in [0.3, 0.4) is 0 Å². The number of hydrogen-bond donors (Lipinski definition) is 2. The van der Waals surface area contributed by atoms with Crippen LogP contribution in [0.4, 0.5) is 19.0 Å². The average Bonchev–Trinajstić information content (AvgIpc) is 3.04. The standard InChI is InChI=1S/C21H24F3N5O2/c1-2-16(30)28-11-4-3-5-15(10-12-28)29-19(25)17(20(26)31)18(27-29)13-6-8-14(9-7-13)21(22,23)24/h2,6-9,15H,1,3-5,10-12,25H2,(H2,26,31)/t15-/m0/s1. The van der Waals surface area contributed by atoms with Crippen molar-refractivity contribution in [2.24, 2.45) is 5.73 Å². The van der Waals surface area contributed by atoms with Gasteiger partial charge in [-0.25, -0.2) is 4.68 Å². The van der Waals surface area contributed by atoms with E-state index in [0.29, 0.717) is 25.1 Å². The normalized spacial score (nSPS) is 17.6. The van der Waals surface area contributed by atoms with Gasteiger partial charge in [0.25, 0.3) is 5.91 Å². The monoisotopic (exact) mass is 435 g/mol. The predicted molar refractivity (Wildman–Crippen MR) is 110 cm³/mol. The third-order valence-corrected chi connectivity index (χ3v) is 5.46. The molecule has 31 heavy (non-hydrogen) atoms. The number of rotatable bonds is 4. The molecule has 2 heterocycles. The fraction of sp³-hybridized carbons (Fsp3) is 0.381. The molecule has 7 nitrogen and oxygen atoms in total. The van der Waals surface area contributed by atoms with E-state index >= 15 is 0 Å². The Labute approximate surface area is 177 Å². The van der Waals surface area contributed by atoms with Gasteiger partial charge in [0, 0.05) is 18.7 Å². The Morgan fingerprint density at radius 1 is 1.13 bits per heavy atom. The minimum Gasteiger partial charge on any atom is -0.383 e. The van der Waals surface area contributed by atoms with Crippen LogP contribution in [-0.2, 0) is 11.0 Å². The van der Waals surface area contributed by atoms with Crippen molar-refractivity contribution in [3.63, 3.8) is 0 Å². The number of anilines is 1. The smallest absolute Gasteiger partial charge is 0.383 e. The number of nitrogens with two attached hydrogens (primary N) is 2. The molecule has 1 fully saturated rings. The SMILES string of the molecule is C=CC(=O)N1CCCC[C@H](n2nc(-c3ccc(C(F)(F)F)cc3)c(C(N)=O)c2N)CC1. The third kappa shape index (κ3) is 4.73. The minimum atomic E-state index is -4.48. The molecule has 1 aliphatic heterocycles. The molecule has 2 amide bonds. The molecule has 0 spiro atoms. The van der Waals surface area contributed by atoms with E-state index in [2.05, 4.69) is 11.7 Å². The Morgan fingerprint density at radius 3 is 2.39 bits per heavy atom. The molecular weight excluding hydrogens is 411 g/mol. The highest BCUT2D eigenvalue weighted by atomic mass is 19.4. The van der Waals surface area contributed by atoms with Crippen LogP contribution in [0.1, 0.15) is 47.6 Å². The molecule has 166 valence electrons. The van der Waals surface area contributed by atoms with Gasteiger partial charge in [0.05, 0.1) is 11.6 Å². The zero-order valence-corrected chi connectivity index (χ0v) is 16.9. The van der Waals surface area contributed by atoms with E-state index in [4.69, 9.17) is 11.5 Å².